The number of rotatable bonds is 8. The number of hydrogen-bond donors (Lipinski definition) is 0. The first-order valence-electron chi connectivity index (χ1n) is 11.2. The van der Waals surface area contributed by atoms with Crippen LogP contribution < -0.4 is 0 Å². The minimum absolute atomic E-state index is 0.0173. The molecule has 0 atom stereocenters. The van der Waals surface area contributed by atoms with E-state index in [1.165, 1.54) is 35.5 Å². The van der Waals surface area contributed by atoms with Crippen molar-refractivity contribution in [3.8, 4) is 5.69 Å². The summed E-state index contributed by atoms with van der Waals surface area (Å²) in [6, 6.07) is 7.19. The topological polar surface area (TPSA) is 109 Å². The third-order valence-corrected chi connectivity index (χ3v) is 6.38. The van der Waals surface area contributed by atoms with Crippen LogP contribution in [0.15, 0.2) is 49.2 Å². The minimum atomic E-state index is -0.604. The molecule has 176 valence electrons. The second-order valence-electron chi connectivity index (χ2n) is 8.57. The second-order valence-corrected chi connectivity index (χ2v) is 8.98. The molecule has 10 nitrogen and oxygen atoms in total. The molecule has 35 heavy (non-hydrogen) atoms. The molecule has 6 rings (SSSR count). The zero-order valence-corrected chi connectivity index (χ0v) is 19.2. The van der Waals surface area contributed by atoms with Gasteiger partial charge in [0.15, 0.2) is 5.78 Å². The van der Waals surface area contributed by atoms with Crippen LogP contribution in [0, 0.1) is 5.82 Å². The Kier molecular flexibility index (Phi) is 5.33. The van der Waals surface area contributed by atoms with Crippen molar-refractivity contribution < 1.29 is 9.18 Å². The molecule has 0 bridgehead atoms. The van der Waals surface area contributed by atoms with E-state index < -0.39 is 5.82 Å². The summed E-state index contributed by atoms with van der Waals surface area (Å²) in [5.74, 6) is -0.200. The molecule has 0 aliphatic heterocycles. The van der Waals surface area contributed by atoms with Gasteiger partial charge in [-0.05, 0) is 59.4 Å². The standard InChI is InChI=1S/C23H19ClFN9O/c24-18-5-6-20(34-13-26-29-31-34)17(23(18)25)4-7-21(35)19-12-33(30-28-19)11-16-10-32-9-15(14-1-2-14)3-8-22(32)27-16/h3,5-6,8-10,12-14H,1-2,4,7,11H2. The monoisotopic (exact) mass is 491 g/mol. The fourth-order valence-corrected chi connectivity index (χ4v) is 4.32. The predicted molar refractivity (Wildman–Crippen MR) is 123 cm³/mol. The zero-order chi connectivity index (χ0) is 23.9. The van der Waals surface area contributed by atoms with E-state index >= 15 is 0 Å². The third-order valence-electron chi connectivity index (χ3n) is 6.09. The number of halogens is 2. The van der Waals surface area contributed by atoms with Crippen LogP contribution in [0.25, 0.3) is 11.3 Å². The van der Waals surface area contributed by atoms with Crippen LogP contribution >= 0.6 is 11.6 Å². The Morgan fingerprint density at radius 1 is 1.11 bits per heavy atom. The van der Waals surface area contributed by atoms with Gasteiger partial charge in [0, 0.05) is 24.4 Å². The van der Waals surface area contributed by atoms with Crippen LogP contribution in [-0.2, 0) is 13.0 Å². The molecule has 0 amide bonds. The van der Waals surface area contributed by atoms with Crippen molar-refractivity contribution in [2.24, 2.45) is 0 Å². The molecule has 5 aromatic rings. The van der Waals surface area contributed by atoms with Crippen molar-refractivity contribution >= 4 is 23.0 Å². The molecule has 1 aliphatic carbocycles. The van der Waals surface area contributed by atoms with E-state index in [1.807, 2.05) is 16.7 Å². The highest BCUT2D eigenvalue weighted by atomic mass is 35.5. The van der Waals surface area contributed by atoms with Gasteiger partial charge < -0.3 is 4.40 Å². The third kappa shape index (κ3) is 4.30. The molecular formula is C23H19ClFN9O. The number of Topliss-reactive ketones (excluding diaryl/α,β-unsaturated/α-hetero) is 1. The smallest absolute Gasteiger partial charge is 0.185 e. The summed E-state index contributed by atoms with van der Waals surface area (Å²) in [5, 5.41) is 19.0. The maximum atomic E-state index is 14.7. The first-order valence-corrected chi connectivity index (χ1v) is 11.5. The van der Waals surface area contributed by atoms with E-state index in [4.69, 9.17) is 11.6 Å². The second kappa shape index (κ2) is 8.66. The SMILES string of the molecule is O=C(CCc1c(-n2cnnn2)ccc(Cl)c1F)c1cn(Cc2cn3cc(C4CC4)ccc3n2)nn1. The van der Waals surface area contributed by atoms with E-state index in [9.17, 15) is 9.18 Å². The highest BCUT2D eigenvalue weighted by Gasteiger charge is 2.24. The lowest BCUT2D eigenvalue weighted by Crippen LogP contribution is -2.08. The predicted octanol–water partition coefficient (Wildman–Crippen LogP) is 3.44. The number of nitrogens with zero attached hydrogens (tertiary/aromatic N) is 9. The normalized spacial score (nSPS) is 13.5. The van der Waals surface area contributed by atoms with Crippen molar-refractivity contribution in [2.75, 3.05) is 0 Å². The van der Waals surface area contributed by atoms with E-state index in [0.717, 1.165) is 11.3 Å². The molecule has 1 aromatic carbocycles. The molecule has 0 unspecified atom stereocenters. The largest absolute Gasteiger partial charge is 0.306 e. The number of carbonyl (C=O) groups excluding carboxylic acids is 1. The van der Waals surface area contributed by atoms with E-state index in [-0.39, 0.29) is 34.9 Å². The number of fused-ring (bicyclic) bond motifs is 1. The summed E-state index contributed by atoms with van der Waals surface area (Å²) in [4.78, 5) is 17.4. The Bertz CT molecular complexity index is 1540. The van der Waals surface area contributed by atoms with Crippen LogP contribution in [0.5, 0.6) is 0 Å². The summed E-state index contributed by atoms with van der Waals surface area (Å²) in [6.45, 7) is 0.382. The molecule has 0 radical (unpaired) electrons. The first-order chi connectivity index (χ1) is 17.0. The quantitative estimate of drug-likeness (QED) is 0.306. The molecule has 4 heterocycles. The van der Waals surface area contributed by atoms with Gasteiger partial charge in [-0.1, -0.05) is 22.9 Å². The first kappa shape index (κ1) is 21.5. The maximum Gasteiger partial charge on any atom is 0.185 e. The van der Waals surface area contributed by atoms with Gasteiger partial charge in [0.2, 0.25) is 0 Å². The number of carbonyl (C=O) groups is 1. The number of imidazole rings is 1. The summed E-state index contributed by atoms with van der Waals surface area (Å²) >= 11 is 5.96. The van der Waals surface area contributed by atoms with Crippen LogP contribution in [0.1, 0.15) is 52.5 Å². The van der Waals surface area contributed by atoms with Crippen molar-refractivity contribution in [3.05, 3.63) is 82.5 Å². The number of hydrogen-bond acceptors (Lipinski definition) is 7. The van der Waals surface area contributed by atoms with Crippen molar-refractivity contribution in [3.63, 3.8) is 0 Å². The van der Waals surface area contributed by atoms with E-state index in [0.29, 0.717) is 18.2 Å². The fraction of sp³-hybridized carbons (Fsp3) is 0.261. The molecule has 1 aliphatic rings. The van der Waals surface area contributed by atoms with Gasteiger partial charge in [0.1, 0.15) is 23.5 Å². The molecular weight excluding hydrogens is 473 g/mol. The maximum absolute atomic E-state index is 14.7. The Labute approximate surface area is 203 Å². The summed E-state index contributed by atoms with van der Waals surface area (Å²) < 4.78 is 19.7. The number of tetrazole rings is 1. The van der Waals surface area contributed by atoms with Crippen molar-refractivity contribution in [2.45, 2.75) is 38.1 Å². The summed E-state index contributed by atoms with van der Waals surface area (Å²) in [7, 11) is 0. The van der Waals surface area contributed by atoms with Crippen molar-refractivity contribution in [1.82, 2.24) is 44.6 Å². The lowest BCUT2D eigenvalue weighted by Gasteiger charge is -2.10. The molecule has 1 saturated carbocycles. The van der Waals surface area contributed by atoms with Gasteiger partial charge in [0.05, 0.1) is 29.1 Å². The van der Waals surface area contributed by atoms with E-state index in [1.54, 1.807) is 16.9 Å². The van der Waals surface area contributed by atoms with Gasteiger partial charge in [-0.2, -0.15) is 0 Å². The van der Waals surface area contributed by atoms with Crippen LogP contribution in [-0.4, -0.2) is 50.4 Å². The molecule has 0 saturated heterocycles. The van der Waals surface area contributed by atoms with Gasteiger partial charge in [-0.3, -0.25) is 4.79 Å². The molecule has 4 aromatic heterocycles. The van der Waals surface area contributed by atoms with Crippen LogP contribution in [0.2, 0.25) is 5.02 Å². The zero-order valence-electron chi connectivity index (χ0n) is 18.4. The number of pyridine rings is 1. The van der Waals surface area contributed by atoms with Crippen LogP contribution in [0.4, 0.5) is 4.39 Å². The Morgan fingerprint density at radius 3 is 2.80 bits per heavy atom. The van der Waals surface area contributed by atoms with Gasteiger partial charge in [-0.15, -0.1) is 10.2 Å². The number of benzene rings is 1. The molecule has 1 fully saturated rings. The minimum Gasteiger partial charge on any atom is -0.306 e. The average molecular weight is 492 g/mol. The highest BCUT2D eigenvalue weighted by molar-refractivity contribution is 6.30. The molecule has 12 heteroatoms. The highest BCUT2D eigenvalue weighted by Crippen LogP contribution is 2.39. The van der Waals surface area contributed by atoms with Crippen molar-refractivity contribution in [1.29, 1.82) is 0 Å². The lowest BCUT2D eigenvalue weighted by molar-refractivity contribution is 0.0977. The van der Waals surface area contributed by atoms with E-state index in [2.05, 4.69) is 43.1 Å². The Balaban J connectivity index is 1.15. The molecule has 0 N–H and O–H groups in total. The summed E-state index contributed by atoms with van der Waals surface area (Å²) in [6.07, 6.45) is 9.62. The average Bonchev–Trinajstić information content (AvgIpc) is 3.23. The summed E-state index contributed by atoms with van der Waals surface area (Å²) in [5.41, 5.74) is 3.88. The van der Waals surface area contributed by atoms with Gasteiger partial charge in [0.25, 0.3) is 0 Å². The Hall–Kier alpha value is -3.99. The van der Waals surface area contributed by atoms with Gasteiger partial charge in [-0.25, -0.2) is 18.7 Å². The fourth-order valence-electron chi connectivity index (χ4n) is 4.14. The number of aromatic nitrogens is 9. The molecule has 0 spiro atoms. The Morgan fingerprint density at radius 2 is 2.00 bits per heavy atom. The van der Waals surface area contributed by atoms with Crippen LogP contribution in [0.3, 0.4) is 0 Å². The lowest BCUT2D eigenvalue weighted by atomic mass is 10.0. The van der Waals surface area contributed by atoms with Gasteiger partial charge >= 0.3 is 0 Å². The number of ketones is 1.